The topological polar surface area (TPSA) is 63.8 Å². The van der Waals surface area contributed by atoms with Crippen LogP contribution in [0.25, 0.3) is 10.8 Å². The lowest BCUT2D eigenvalue weighted by atomic mass is 10.4. The molecule has 2 aromatic rings. The van der Waals surface area contributed by atoms with Crippen molar-refractivity contribution in [2.24, 2.45) is 0 Å². The average Bonchev–Trinajstić information content (AvgIpc) is 2.92. The van der Waals surface area contributed by atoms with Gasteiger partial charge in [0.1, 0.15) is 4.88 Å². The van der Waals surface area contributed by atoms with E-state index in [1.807, 2.05) is 13.8 Å². The molecule has 0 bridgehead atoms. The lowest BCUT2D eigenvalue weighted by Gasteiger charge is -1.97. The molecule has 0 unspecified atom stereocenters. The molecule has 1 fully saturated rings. The molecular formula is C12H16N4OS. The second kappa shape index (κ2) is 4.78. The second-order valence-corrected chi connectivity index (χ2v) is 5.83. The average molecular weight is 264 g/mol. The monoisotopic (exact) mass is 264 g/mol. The van der Waals surface area contributed by atoms with Crippen LogP contribution in [0.5, 0.6) is 0 Å². The fraction of sp³-hybridized carbons (Fsp3) is 0.583. The molecule has 5 nitrogen and oxygen atoms in total. The Morgan fingerprint density at radius 3 is 2.83 bits per heavy atom. The lowest BCUT2D eigenvalue weighted by molar-refractivity contribution is 0.494. The Morgan fingerprint density at radius 1 is 1.33 bits per heavy atom. The second-order valence-electron chi connectivity index (χ2n) is 4.63. The predicted molar refractivity (Wildman–Crippen MR) is 69.6 cm³/mol. The largest absolute Gasteiger partial charge is 0.420 e. The van der Waals surface area contributed by atoms with Crippen molar-refractivity contribution in [2.75, 3.05) is 6.54 Å². The Bertz CT molecular complexity index is 544. The van der Waals surface area contributed by atoms with E-state index in [9.17, 15) is 0 Å². The summed E-state index contributed by atoms with van der Waals surface area (Å²) in [5.41, 5.74) is 0.962. The maximum Gasteiger partial charge on any atom is 0.259 e. The van der Waals surface area contributed by atoms with Crippen LogP contribution in [0.1, 0.15) is 29.4 Å². The number of aryl methyl sites for hydroxylation is 2. The quantitative estimate of drug-likeness (QED) is 0.896. The van der Waals surface area contributed by atoms with Crippen molar-refractivity contribution in [3.05, 3.63) is 16.6 Å². The molecule has 0 saturated heterocycles. The number of thiazole rings is 1. The van der Waals surface area contributed by atoms with Crippen LogP contribution >= 0.6 is 11.3 Å². The predicted octanol–water partition coefficient (Wildman–Crippen LogP) is 2.10. The first-order valence-electron chi connectivity index (χ1n) is 6.22. The van der Waals surface area contributed by atoms with Gasteiger partial charge in [-0.2, -0.15) is 0 Å². The summed E-state index contributed by atoms with van der Waals surface area (Å²) in [6, 6.07) is 0.721. The van der Waals surface area contributed by atoms with Gasteiger partial charge in [0, 0.05) is 19.0 Å². The molecule has 0 aromatic carbocycles. The van der Waals surface area contributed by atoms with E-state index in [2.05, 4.69) is 20.5 Å². The maximum absolute atomic E-state index is 5.67. The third-order valence-electron chi connectivity index (χ3n) is 2.91. The molecule has 1 N–H and O–H groups in total. The Hall–Kier alpha value is -1.27. The van der Waals surface area contributed by atoms with Crippen molar-refractivity contribution < 1.29 is 4.42 Å². The van der Waals surface area contributed by atoms with Gasteiger partial charge in [-0.05, 0) is 26.7 Å². The van der Waals surface area contributed by atoms with Gasteiger partial charge in [-0.1, -0.05) is 0 Å². The van der Waals surface area contributed by atoms with Crippen LogP contribution in [0.4, 0.5) is 0 Å². The number of hydrogen-bond donors (Lipinski definition) is 1. The highest BCUT2D eigenvalue weighted by molar-refractivity contribution is 7.15. The van der Waals surface area contributed by atoms with E-state index in [1.54, 1.807) is 11.3 Å². The lowest BCUT2D eigenvalue weighted by Crippen LogP contribution is -2.19. The molecule has 2 aromatic heterocycles. The summed E-state index contributed by atoms with van der Waals surface area (Å²) in [4.78, 5) is 5.36. The van der Waals surface area contributed by atoms with E-state index in [0.717, 1.165) is 34.6 Å². The molecule has 2 heterocycles. The molecule has 1 aliphatic carbocycles. The highest BCUT2D eigenvalue weighted by Gasteiger charge is 2.20. The smallest absolute Gasteiger partial charge is 0.259 e. The zero-order chi connectivity index (χ0) is 12.5. The third kappa shape index (κ3) is 2.59. The Kier molecular flexibility index (Phi) is 3.13. The van der Waals surface area contributed by atoms with Gasteiger partial charge in [0.05, 0.1) is 10.7 Å². The number of rotatable bonds is 5. The van der Waals surface area contributed by atoms with Gasteiger partial charge in [0.15, 0.2) is 0 Å². The molecule has 3 rings (SSSR count). The van der Waals surface area contributed by atoms with Crippen molar-refractivity contribution in [1.29, 1.82) is 0 Å². The third-order valence-corrected chi connectivity index (χ3v) is 3.97. The van der Waals surface area contributed by atoms with E-state index >= 15 is 0 Å². The highest BCUT2D eigenvalue weighted by Crippen LogP contribution is 2.28. The summed E-state index contributed by atoms with van der Waals surface area (Å²) < 4.78 is 5.67. The van der Waals surface area contributed by atoms with Gasteiger partial charge in [0.2, 0.25) is 5.89 Å². The minimum atomic E-state index is 0.597. The van der Waals surface area contributed by atoms with E-state index in [-0.39, 0.29) is 0 Å². The van der Waals surface area contributed by atoms with Crippen LogP contribution in [0.3, 0.4) is 0 Å². The number of hydrogen-bond acceptors (Lipinski definition) is 6. The minimum absolute atomic E-state index is 0.597. The first-order chi connectivity index (χ1) is 8.72. The highest BCUT2D eigenvalue weighted by atomic mass is 32.1. The summed E-state index contributed by atoms with van der Waals surface area (Å²) in [5.74, 6) is 1.29. The summed E-state index contributed by atoms with van der Waals surface area (Å²) in [7, 11) is 0. The van der Waals surface area contributed by atoms with Crippen molar-refractivity contribution in [3.63, 3.8) is 0 Å². The summed E-state index contributed by atoms with van der Waals surface area (Å²) in [5, 5.41) is 12.6. The van der Waals surface area contributed by atoms with Crippen LogP contribution in [-0.2, 0) is 6.42 Å². The summed E-state index contributed by atoms with van der Waals surface area (Å²) >= 11 is 1.60. The summed E-state index contributed by atoms with van der Waals surface area (Å²) in [6.45, 7) is 4.86. The fourth-order valence-corrected chi connectivity index (χ4v) is 2.69. The standard InChI is InChI=1S/C12H16N4OS/c1-7-11(18-8(2)14-7)12-16-15-10(17-12)5-6-13-9-3-4-9/h9,13H,3-6H2,1-2H3. The van der Waals surface area contributed by atoms with Crippen molar-refractivity contribution in [3.8, 4) is 10.8 Å². The Labute approximate surface area is 110 Å². The molecule has 0 aliphatic heterocycles. The van der Waals surface area contributed by atoms with Crippen LogP contribution in [0.2, 0.25) is 0 Å². The molecule has 96 valence electrons. The molecule has 1 saturated carbocycles. The normalized spacial score (nSPS) is 15.2. The SMILES string of the molecule is Cc1nc(C)c(-c2nnc(CCNC3CC3)o2)s1. The Balaban J connectivity index is 1.66. The zero-order valence-electron chi connectivity index (χ0n) is 10.6. The first-order valence-corrected chi connectivity index (χ1v) is 7.04. The summed E-state index contributed by atoms with van der Waals surface area (Å²) in [6.07, 6.45) is 3.39. The molecule has 0 atom stereocenters. The maximum atomic E-state index is 5.67. The Morgan fingerprint density at radius 2 is 2.17 bits per heavy atom. The van der Waals surface area contributed by atoms with Gasteiger partial charge in [-0.3, -0.25) is 0 Å². The number of nitrogens with one attached hydrogen (secondary N) is 1. The van der Waals surface area contributed by atoms with Crippen LogP contribution < -0.4 is 5.32 Å². The zero-order valence-corrected chi connectivity index (χ0v) is 11.4. The van der Waals surface area contributed by atoms with E-state index < -0.39 is 0 Å². The van der Waals surface area contributed by atoms with Gasteiger partial charge < -0.3 is 9.73 Å². The van der Waals surface area contributed by atoms with Gasteiger partial charge >= 0.3 is 0 Å². The van der Waals surface area contributed by atoms with E-state index in [4.69, 9.17) is 4.42 Å². The first kappa shape index (κ1) is 11.8. The molecule has 0 spiro atoms. The van der Waals surface area contributed by atoms with Crippen LogP contribution in [0, 0.1) is 13.8 Å². The van der Waals surface area contributed by atoms with E-state index in [1.165, 1.54) is 12.8 Å². The van der Waals surface area contributed by atoms with Gasteiger partial charge in [0.25, 0.3) is 5.89 Å². The molecule has 0 radical (unpaired) electrons. The van der Waals surface area contributed by atoms with E-state index in [0.29, 0.717) is 11.8 Å². The molecule has 6 heteroatoms. The van der Waals surface area contributed by atoms with Crippen molar-refractivity contribution >= 4 is 11.3 Å². The van der Waals surface area contributed by atoms with Gasteiger partial charge in [-0.25, -0.2) is 4.98 Å². The van der Waals surface area contributed by atoms with Crippen molar-refractivity contribution in [2.45, 2.75) is 39.2 Å². The van der Waals surface area contributed by atoms with Crippen LogP contribution in [-0.4, -0.2) is 27.8 Å². The number of nitrogens with zero attached hydrogens (tertiary/aromatic N) is 3. The molecule has 18 heavy (non-hydrogen) atoms. The molecular weight excluding hydrogens is 248 g/mol. The number of aromatic nitrogens is 3. The van der Waals surface area contributed by atoms with Crippen LogP contribution in [0.15, 0.2) is 4.42 Å². The van der Waals surface area contributed by atoms with Crippen molar-refractivity contribution in [1.82, 2.24) is 20.5 Å². The fourth-order valence-electron chi connectivity index (χ4n) is 1.85. The van der Waals surface area contributed by atoms with Gasteiger partial charge in [-0.15, -0.1) is 21.5 Å². The molecule has 1 aliphatic rings. The minimum Gasteiger partial charge on any atom is -0.420 e. The molecule has 0 amide bonds.